The maximum absolute atomic E-state index is 13.1. The van der Waals surface area contributed by atoms with Gasteiger partial charge >= 0.3 is 0 Å². The molecule has 4 aromatic rings. The molecule has 0 saturated carbocycles. The maximum Gasteiger partial charge on any atom is 0.266 e. The van der Waals surface area contributed by atoms with Gasteiger partial charge < -0.3 is 5.32 Å². The number of nitrogens with one attached hydrogen (secondary N) is 1. The molecular formula is C23H19BrFN5O2S. The molecule has 10 heteroatoms. The molecule has 0 radical (unpaired) electrons. The van der Waals surface area contributed by atoms with E-state index in [1.807, 2.05) is 18.2 Å². The van der Waals surface area contributed by atoms with E-state index in [0.29, 0.717) is 17.0 Å². The normalized spacial score (nSPS) is 11.0. The van der Waals surface area contributed by atoms with Crippen molar-refractivity contribution in [2.45, 2.75) is 13.1 Å². The molecule has 3 heterocycles. The molecule has 0 aliphatic heterocycles. The van der Waals surface area contributed by atoms with Crippen molar-refractivity contribution in [2.24, 2.45) is 4.99 Å². The Bertz CT molecular complexity index is 1340. The summed E-state index contributed by atoms with van der Waals surface area (Å²) in [5.74, 6) is -0.870. The monoisotopic (exact) mass is 527 g/mol. The summed E-state index contributed by atoms with van der Waals surface area (Å²) in [5.41, 5.74) is 1.78. The Morgan fingerprint density at radius 2 is 1.70 bits per heavy atom. The highest BCUT2D eigenvalue weighted by atomic mass is 79.9. The van der Waals surface area contributed by atoms with E-state index in [9.17, 15) is 14.0 Å². The third-order valence-electron chi connectivity index (χ3n) is 4.46. The van der Waals surface area contributed by atoms with Gasteiger partial charge in [-0.2, -0.15) is 0 Å². The Kier molecular flexibility index (Phi) is 8.34. The van der Waals surface area contributed by atoms with E-state index < -0.39 is 11.7 Å². The zero-order chi connectivity index (χ0) is 22.3. The van der Waals surface area contributed by atoms with Crippen LogP contribution in [0.2, 0.25) is 0 Å². The van der Waals surface area contributed by atoms with Crippen LogP contribution in [0.25, 0.3) is 0 Å². The van der Waals surface area contributed by atoms with Crippen molar-refractivity contribution < 1.29 is 9.18 Å². The molecular weight excluding hydrogens is 509 g/mol. The minimum Gasteiger partial charge on any atom is -0.321 e. The van der Waals surface area contributed by atoms with Gasteiger partial charge in [0, 0.05) is 36.5 Å². The van der Waals surface area contributed by atoms with Gasteiger partial charge in [-0.15, -0.1) is 17.0 Å². The van der Waals surface area contributed by atoms with E-state index in [1.54, 1.807) is 30.9 Å². The van der Waals surface area contributed by atoms with Crippen molar-refractivity contribution in [3.8, 4) is 0 Å². The lowest BCUT2D eigenvalue weighted by atomic mass is 10.3. The number of hydrogen-bond acceptors (Lipinski definition) is 6. The van der Waals surface area contributed by atoms with Gasteiger partial charge in [-0.25, -0.2) is 4.39 Å². The Morgan fingerprint density at radius 3 is 2.33 bits per heavy atom. The molecule has 4 rings (SSSR count). The maximum atomic E-state index is 13.1. The minimum atomic E-state index is -0.468. The molecule has 0 unspecified atom stereocenters. The third-order valence-corrected chi connectivity index (χ3v) is 5.52. The molecule has 1 N–H and O–H groups in total. The van der Waals surface area contributed by atoms with Crippen LogP contribution in [0.5, 0.6) is 0 Å². The van der Waals surface area contributed by atoms with Crippen LogP contribution < -0.4 is 15.7 Å². The van der Waals surface area contributed by atoms with Crippen LogP contribution in [-0.2, 0) is 13.1 Å². The highest BCUT2D eigenvalue weighted by molar-refractivity contribution is 8.93. The molecule has 0 saturated heterocycles. The third kappa shape index (κ3) is 6.50. The highest BCUT2D eigenvalue weighted by Gasteiger charge is 2.12. The van der Waals surface area contributed by atoms with Crippen LogP contribution in [0.3, 0.4) is 0 Å². The number of pyridine rings is 2. The number of anilines is 1. The van der Waals surface area contributed by atoms with Gasteiger partial charge in [0.15, 0.2) is 4.80 Å². The smallest absolute Gasteiger partial charge is 0.266 e. The van der Waals surface area contributed by atoms with Crippen molar-refractivity contribution in [3.05, 3.63) is 116 Å². The molecule has 3 aromatic heterocycles. The second-order valence-electron chi connectivity index (χ2n) is 6.82. The number of nitrogens with zero attached hydrogens (tertiary/aromatic N) is 4. The molecule has 0 spiro atoms. The Labute approximate surface area is 203 Å². The minimum absolute atomic E-state index is 0. The quantitative estimate of drug-likeness (QED) is 0.412. The topological polar surface area (TPSA) is 89.2 Å². The lowest BCUT2D eigenvalue weighted by Gasteiger charge is -2.09. The summed E-state index contributed by atoms with van der Waals surface area (Å²) in [6, 6.07) is 14.0. The molecule has 0 aliphatic rings. The number of carbonyl (C=O) groups is 1. The zero-order valence-corrected chi connectivity index (χ0v) is 19.7. The van der Waals surface area contributed by atoms with Crippen LogP contribution in [0, 0.1) is 5.82 Å². The van der Waals surface area contributed by atoms with Crippen molar-refractivity contribution in [3.63, 3.8) is 0 Å². The average molecular weight is 528 g/mol. The Hall–Kier alpha value is -3.50. The molecule has 1 aromatic carbocycles. The first-order valence-electron chi connectivity index (χ1n) is 9.69. The van der Waals surface area contributed by atoms with Gasteiger partial charge in [0.1, 0.15) is 10.7 Å². The highest BCUT2D eigenvalue weighted by Crippen LogP contribution is 2.11. The standard InChI is InChI=1S/C23H18FN5O2S.BrH/c24-18-5-7-19(8-6-18)28-22(31)20-11-21(30)29(15-17-4-2-10-26-13-17)23(32-20)27-14-16-3-1-9-25-12-16;/h1-13H,14-15H2,(H,28,31);1H. The largest absolute Gasteiger partial charge is 0.321 e. The van der Waals surface area contributed by atoms with Crippen LogP contribution in [-0.4, -0.2) is 20.4 Å². The molecule has 168 valence electrons. The summed E-state index contributed by atoms with van der Waals surface area (Å²) in [6.07, 6.45) is 6.70. The van der Waals surface area contributed by atoms with Crippen LogP contribution in [0.1, 0.15) is 20.8 Å². The van der Waals surface area contributed by atoms with E-state index in [4.69, 9.17) is 0 Å². The predicted octanol–water partition coefficient (Wildman–Crippen LogP) is 3.82. The van der Waals surface area contributed by atoms with Crippen molar-refractivity contribution in [1.29, 1.82) is 0 Å². The molecule has 33 heavy (non-hydrogen) atoms. The second kappa shape index (κ2) is 11.4. The fraction of sp³-hybridized carbons (Fsp3) is 0.0870. The van der Waals surface area contributed by atoms with Crippen molar-refractivity contribution in [1.82, 2.24) is 14.5 Å². The first kappa shape index (κ1) is 24.1. The fourth-order valence-electron chi connectivity index (χ4n) is 2.89. The summed E-state index contributed by atoms with van der Waals surface area (Å²) in [4.78, 5) is 39.0. The van der Waals surface area contributed by atoms with E-state index in [1.165, 1.54) is 34.9 Å². The summed E-state index contributed by atoms with van der Waals surface area (Å²) >= 11 is 1.10. The van der Waals surface area contributed by atoms with Crippen molar-refractivity contribution in [2.75, 3.05) is 5.32 Å². The Balaban J connectivity index is 0.00000306. The number of benzene rings is 1. The first-order chi connectivity index (χ1) is 15.6. The van der Waals surface area contributed by atoms with Gasteiger partial charge in [0.05, 0.1) is 13.1 Å². The fourth-order valence-corrected chi connectivity index (χ4v) is 3.79. The molecule has 0 fully saturated rings. The number of halogens is 2. The van der Waals surface area contributed by atoms with E-state index in [0.717, 1.165) is 22.5 Å². The average Bonchev–Trinajstić information content (AvgIpc) is 2.82. The van der Waals surface area contributed by atoms with Crippen molar-refractivity contribution >= 4 is 39.9 Å². The number of rotatable bonds is 6. The van der Waals surface area contributed by atoms with E-state index >= 15 is 0 Å². The zero-order valence-electron chi connectivity index (χ0n) is 17.2. The van der Waals surface area contributed by atoms with Gasteiger partial charge in [0.25, 0.3) is 11.5 Å². The molecule has 7 nitrogen and oxygen atoms in total. The van der Waals surface area contributed by atoms with Crippen LogP contribution >= 0.6 is 28.3 Å². The predicted molar refractivity (Wildman–Crippen MR) is 130 cm³/mol. The lowest BCUT2D eigenvalue weighted by Crippen LogP contribution is -2.33. The summed E-state index contributed by atoms with van der Waals surface area (Å²) < 4.78 is 14.6. The number of amides is 1. The SMILES string of the molecule is Br.O=C(Nc1ccc(F)cc1)c1cc(=O)n(Cc2cccnc2)c(=NCc2cccnc2)s1. The summed E-state index contributed by atoms with van der Waals surface area (Å²) in [6.45, 7) is 0.578. The number of hydrogen-bond donors (Lipinski definition) is 1. The van der Waals surface area contributed by atoms with Gasteiger partial charge in [-0.1, -0.05) is 23.5 Å². The lowest BCUT2D eigenvalue weighted by molar-refractivity contribution is 0.103. The second-order valence-corrected chi connectivity index (χ2v) is 7.83. The first-order valence-corrected chi connectivity index (χ1v) is 10.5. The summed E-state index contributed by atoms with van der Waals surface area (Å²) in [7, 11) is 0. The molecule has 0 bridgehead atoms. The van der Waals surface area contributed by atoms with E-state index in [2.05, 4.69) is 20.3 Å². The molecule has 0 atom stereocenters. The van der Waals surface area contributed by atoms with Gasteiger partial charge in [-0.05, 0) is 47.5 Å². The van der Waals surface area contributed by atoms with Crippen LogP contribution in [0.4, 0.5) is 10.1 Å². The van der Waals surface area contributed by atoms with E-state index in [-0.39, 0.29) is 34.0 Å². The molecule has 1 amide bonds. The van der Waals surface area contributed by atoms with Crippen LogP contribution in [0.15, 0.2) is 89.2 Å². The number of aromatic nitrogens is 3. The number of carbonyl (C=O) groups excluding carboxylic acids is 1. The van der Waals surface area contributed by atoms with Gasteiger partial charge in [-0.3, -0.25) is 29.1 Å². The Morgan fingerprint density at radius 1 is 1.03 bits per heavy atom. The molecule has 0 aliphatic carbocycles. The summed E-state index contributed by atoms with van der Waals surface area (Å²) in [5, 5.41) is 2.68. The van der Waals surface area contributed by atoms with Gasteiger partial charge in [0.2, 0.25) is 0 Å².